The molecule has 0 heterocycles. The van der Waals surface area contributed by atoms with Gasteiger partial charge in [-0.25, -0.2) is 0 Å². The molecule has 5 nitrogen and oxygen atoms in total. The lowest BCUT2D eigenvalue weighted by atomic mass is 10.1. The largest absolute Gasteiger partial charge is 0.495 e. The molecule has 0 atom stereocenters. The molecule has 0 spiro atoms. The molecule has 128 valence electrons. The summed E-state index contributed by atoms with van der Waals surface area (Å²) in [5, 5.41) is 0.441. The third-order valence-corrected chi connectivity index (χ3v) is 3.79. The van der Waals surface area contributed by atoms with Crippen LogP contribution < -0.4 is 20.1 Å². The molecule has 0 fully saturated rings. The second kappa shape index (κ2) is 8.57. The quantitative estimate of drug-likeness (QED) is 0.834. The Morgan fingerprint density at radius 2 is 1.92 bits per heavy atom. The molecule has 24 heavy (non-hydrogen) atoms. The van der Waals surface area contributed by atoms with E-state index in [1.807, 2.05) is 31.2 Å². The highest BCUT2D eigenvalue weighted by Gasteiger charge is 2.16. The van der Waals surface area contributed by atoms with Gasteiger partial charge < -0.3 is 20.1 Å². The van der Waals surface area contributed by atoms with Crippen molar-refractivity contribution in [2.45, 2.75) is 13.5 Å². The Labute approximate surface area is 146 Å². The maximum atomic E-state index is 12.3. The maximum absolute atomic E-state index is 12.3. The number of hydrogen-bond donors (Lipinski definition) is 1. The standard InChI is InChI=1S/C18H21ClN2O3/c1-3-24-15-7-4-13(5-8-15)12-21(18(22)11-20)14-6-9-17(23-2)16(19)10-14/h4-10H,3,11-12,20H2,1-2H3. The van der Waals surface area contributed by atoms with E-state index in [-0.39, 0.29) is 12.5 Å². The van der Waals surface area contributed by atoms with Crippen molar-refractivity contribution in [3.63, 3.8) is 0 Å². The van der Waals surface area contributed by atoms with Crippen LogP contribution in [0.1, 0.15) is 12.5 Å². The fraction of sp³-hybridized carbons (Fsp3) is 0.278. The number of ether oxygens (including phenoxy) is 2. The number of hydrogen-bond acceptors (Lipinski definition) is 4. The molecule has 0 saturated heterocycles. The van der Waals surface area contributed by atoms with Crippen LogP contribution in [0.5, 0.6) is 11.5 Å². The number of amides is 1. The van der Waals surface area contributed by atoms with E-state index >= 15 is 0 Å². The number of carbonyl (C=O) groups is 1. The van der Waals surface area contributed by atoms with Crippen molar-refractivity contribution in [2.75, 3.05) is 25.2 Å². The lowest BCUT2D eigenvalue weighted by Gasteiger charge is -2.23. The molecule has 0 unspecified atom stereocenters. The molecule has 0 aromatic heterocycles. The van der Waals surface area contributed by atoms with E-state index in [0.717, 1.165) is 11.3 Å². The summed E-state index contributed by atoms with van der Waals surface area (Å²) in [6.45, 7) is 2.86. The first-order valence-corrected chi connectivity index (χ1v) is 8.02. The monoisotopic (exact) mass is 348 g/mol. The average molecular weight is 349 g/mol. The number of methoxy groups -OCH3 is 1. The number of halogens is 1. The van der Waals surface area contributed by atoms with Gasteiger partial charge in [-0.1, -0.05) is 23.7 Å². The van der Waals surface area contributed by atoms with Crippen molar-refractivity contribution in [1.82, 2.24) is 0 Å². The van der Waals surface area contributed by atoms with Crippen LogP contribution in [-0.2, 0) is 11.3 Å². The topological polar surface area (TPSA) is 64.8 Å². The minimum Gasteiger partial charge on any atom is -0.495 e. The molecule has 0 aliphatic rings. The van der Waals surface area contributed by atoms with Gasteiger partial charge in [0.15, 0.2) is 0 Å². The smallest absolute Gasteiger partial charge is 0.241 e. The lowest BCUT2D eigenvalue weighted by Crippen LogP contribution is -2.35. The Morgan fingerprint density at radius 1 is 1.21 bits per heavy atom. The van der Waals surface area contributed by atoms with Crippen molar-refractivity contribution in [2.24, 2.45) is 5.73 Å². The SMILES string of the molecule is CCOc1ccc(CN(C(=O)CN)c2ccc(OC)c(Cl)c2)cc1. The van der Waals surface area contributed by atoms with E-state index in [9.17, 15) is 4.79 Å². The molecule has 2 rings (SSSR count). The highest BCUT2D eigenvalue weighted by Crippen LogP contribution is 2.30. The molecule has 1 amide bonds. The summed E-state index contributed by atoms with van der Waals surface area (Å²) in [6.07, 6.45) is 0. The maximum Gasteiger partial charge on any atom is 0.241 e. The summed E-state index contributed by atoms with van der Waals surface area (Å²) in [5.41, 5.74) is 7.19. The van der Waals surface area contributed by atoms with Gasteiger partial charge in [0.2, 0.25) is 5.91 Å². The zero-order chi connectivity index (χ0) is 17.5. The van der Waals surface area contributed by atoms with Crippen LogP contribution in [0.15, 0.2) is 42.5 Å². The van der Waals surface area contributed by atoms with Gasteiger partial charge in [-0.3, -0.25) is 4.79 Å². The minimum absolute atomic E-state index is 0.0827. The van der Waals surface area contributed by atoms with E-state index in [0.29, 0.717) is 29.6 Å². The van der Waals surface area contributed by atoms with Crippen LogP contribution in [0, 0.1) is 0 Å². The van der Waals surface area contributed by atoms with Gasteiger partial charge in [-0.05, 0) is 42.8 Å². The van der Waals surface area contributed by atoms with Crippen LogP contribution in [0.4, 0.5) is 5.69 Å². The van der Waals surface area contributed by atoms with Gasteiger partial charge in [0.25, 0.3) is 0 Å². The molecule has 2 aromatic rings. The van der Waals surface area contributed by atoms with Crippen molar-refractivity contribution < 1.29 is 14.3 Å². The fourth-order valence-electron chi connectivity index (χ4n) is 2.30. The zero-order valence-electron chi connectivity index (χ0n) is 13.8. The summed E-state index contributed by atoms with van der Waals surface area (Å²) in [7, 11) is 1.55. The average Bonchev–Trinajstić information content (AvgIpc) is 2.60. The summed E-state index contributed by atoms with van der Waals surface area (Å²) in [4.78, 5) is 13.9. The highest BCUT2D eigenvalue weighted by atomic mass is 35.5. The molecular weight excluding hydrogens is 328 g/mol. The first-order valence-electron chi connectivity index (χ1n) is 7.64. The first kappa shape index (κ1) is 18.1. The van der Waals surface area contributed by atoms with E-state index < -0.39 is 0 Å². The third-order valence-electron chi connectivity index (χ3n) is 3.50. The number of benzene rings is 2. The second-order valence-electron chi connectivity index (χ2n) is 5.08. The Bertz CT molecular complexity index is 689. The fourth-order valence-corrected chi connectivity index (χ4v) is 2.55. The van der Waals surface area contributed by atoms with Crippen LogP contribution >= 0.6 is 11.6 Å². The predicted molar refractivity (Wildman–Crippen MR) is 95.9 cm³/mol. The van der Waals surface area contributed by atoms with E-state index in [1.54, 1.807) is 30.2 Å². The molecular formula is C18H21ClN2O3. The van der Waals surface area contributed by atoms with Gasteiger partial charge in [0, 0.05) is 5.69 Å². The summed E-state index contributed by atoms with van der Waals surface area (Å²) >= 11 is 6.17. The number of anilines is 1. The summed E-state index contributed by atoms with van der Waals surface area (Å²) in [5.74, 6) is 1.16. The van der Waals surface area contributed by atoms with Gasteiger partial charge in [-0.15, -0.1) is 0 Å². The molecule has 0 aliphatic heterocycles. The van der Waals surface area contributed by atoms with Crippen molar-refractivity contribution >= 4 is 23.2 Å². The number of nitrogens with two attached hydrogens (primary N) is 1. The Kier molecular flexibility index (Phi) is 6.46. The van der Waals surface area contributed by atoms with Crippen molar-refractivity contribution in [3.05, 3.63) is 53.1 Å². The van der Waals surface area contributed by atoms with Crippen LogP contribution in [0.3, 0.4) is 0 Å². The molecule has 0 saturated carbocycles. The Morgan fingerprint density at radius 3 is 2.46 bits per heavy atom. The zero-order valence-corrected chi connectivity index (χ0v) is 14.5. The Balaban J connectivity index is 2.25. The van der Waals surface area contributed by atoms with Crippen LogP contribution in [-0.4, -0.2) is 26.2 Å². The van der Waals surface area contributed by atoms with Crippen LogP contribution in [0.2, 0.25) is 5.02 Å². The highest BCUT2D eigenvalue weighted by molar-refractivity contribution is 6.32. The molecule has 0 radical (unpaired) electrons. The number of carbonyl (C=O) groups excluding carboxylic acids is 1. The first-order chi connectivity index (χ1) is 11.6. The van der Waals surface area contributed by atoms with Crippen molar-refractivity contribution in [1.29, 1.82) is 0 Å². The third kappa shape index (κ3) is 4.40. The lowest BCUT2D eigenvalue weighted by molar-refractivity contribution is -0.117. The second-order valence-corrected chi connectivity index (χ2v) is 5.49. The van der Waals surface area contributed by atoms with Crippen molar-refractivity contribution in [3.8, 4) is 11.5 Å². The minimum atomic E-state index is -0.190. The molecule has 6 heteroatoms. The van der Waals surface area contributed by atoms with Gasteiger partial charge in [0.1, 0.15) is 11.5 Å². The molecule has 0 bridgehead atoms. The normalized spacial score (nSPS) is 10.3. The molecule has 0 aliphatic carbocycles. The van der Waals surface area contributed by atoms with E-state index in [2.05, 4.69) is 0 Å². The predicted octanol–water partition coefficient (Wildman–Crippen LogP) is 3.24. The van der Waals surface area contributed by atoms with Gasteiger partial charge >= 0.3 is 0 Å². The number of rotatable bonds is 7. The van der Waals surface area contributed by atoms with E-state index in [4.69, 9.17) is 26.8 Å². The number of nitrogens with zero attached hydrogens (tertiary/aromatic N) is 1. The molecule has 2 N–H and O–H groups in total. The molecule has 2 aromatic carbocycles. The van der Waals surface area contributed by atoms with Gasteiger partial charge in [0.05, 0.1) is 31.8 Å². The van der Waals surface area contributed by atoms with Gasteiger partial charge in [-0.2, -0.15) is 0 Å². The van der Waals surface area contributed by atoms with Crippen LogP contribution in [0.25, 0.3) is 0 Å². The summed E-state index contributed by atoms with van der Waals surface area (Å²) < 4.78 is 10.6. The summed E-state index contributed by atoms with van der Waals surface area (Å²) in [6, 6.07) is 12.8. The van der Waals surface area contributed by atoms with E-state index in [1.165, 1.54) is 0 Å². The Hall–Kier alpha value is -2.24.